The lowest BCUT2D eigenvalue weighted by Gasteiger charge is -2.17. The van der Waals surface area contributed by atoms with Gasteiger partial charge in [-0.2, -0.15) is 0 Å². The Morgan fingerprint density at radius 2 is 1.95 bits per heavy atom. The Balaban J connectivity index is 2.80. The number of ether oxygens (including phenoxy) is 3. The first-order chi connectivity index (χ1) is 9.60. The Morgan fingerprint density at radius 1 is 1.30 bits per heavy atom. The van der Waals surface area contributed by atoms with Crippen LogP contribution >= 0.6 is 15.9 Å². The highest BCUT2D eigenvalue weighted by molar-refractivity contribution is 9.10. The Bertz CT molecular complexity index is 453. The van der Waals surface area contributed by atoms with E-state index in [1.54, 1.807) is 14.0 Å². The van der Waals surface area contributed by atoms with Crippen molar-refractivity contribution in [2.75, 3.05) is 20.8 Å². The molecule has 0 aliphatic rings. The summed E-state index contributed by atoms with van der Waals surface area (Å²) in [5, 5.41) is 0. The van der Waals surface area contributed by atoms with Gasteiger partial charge in [0.05, 0.1) is 25.9 Å². The fourth-order valence-corrected chi connectivity index (χ4v) is 1.98. The highest BCUT2D eigenvalue weighted by Crippen LogP contribution is 2.26. The molecule has 0 radical (unpaired) electrons. The quantitative estimate of drug-likeness (QED) is 0.431. The van der Waals surface area contributed by atoms with E-state index in [9.17, 15) is 4.79 Å². The molecule has 0 heterocycles. The largest absolute Gasteiger partial charge is 0.501 e. The van der Waals surface area contributed by atoms with Crippen molar-refractivity contribution in [3.8, 4) is 0 Å². The molecule has 1 aromatic carbocycles. The topological polar surface area (TPSA) is 44.8 Å². The second-order valence-corrected chi connectivity index (χ2v) is 4.96. The maximum Gasteiger partial charge on any atom is 0.334 e. The molecule has 1 rings (SSSR count). The summed E-state index contributed by atoms with van der Waals surface area (Å²) in [5.41, 5.74) is 1.02. The first-order valence-electron chi connectivity index (χ1n) is 6.30. The average Bonchev–Trinajstić information content (AvgIpc) is 2.44. The Morgan fingerprint density at radius 3 is 2.45 bits per heavy atom. The summed E-state index contributed by atoms with van der Waals surface area (Å²) in [6.07, 6.45) is 1.64. The molecule has 0 N–H and O–H groups in total. The van der Waals surface area contributed by atoms with Crippen molar-refractivity contribution in [1.82, 2.24) is 0 Å². The van der Waals surface area contributed by atoms with Gasteiger partial charge in [0.25, 0.3) is 0 Å². The number of hydrogen-bond acceptors (Lipinski definition) is 4. The minimum Gasteiger partial charge on any atom is -0.501 e. The van der Waals surface area contributed by atoms with Gasteiger partial charge in [-0.25, -0.2) is 4.79 Å². The number of esters is 1. The van der Waals surface area contributed by atoms with Crippen molar-refractivity contribution in [3.63, 3.8) is 0 Å². The van der Waals surface area contributed by atoms with Gasteiger partial charge < -0.3 is 14.2 Å². The van der Waals surface area contributed by atoms with Crippen molar-refractivity contribution in [3.05, 3.63) is 46.1 Å². The Labute approximate surface area is 127 Å². The standard InChI is InChI=1S/C15H19BrO4/c1-4-20-15(17)10-13(18-2)9-14(19-3)11-5-7-12(16)8-6-11/h5-8,10,14H,4,9H2,1-3H3/b13-10+. The Kier molecular flexibility index (Phi) is 7.33. The van der Waals surface area contributed by atoms with E-state index in [0.717, 1.165) is 10.0 Å². The van der Waals surface area contributed by atoms with Crippen molar-refractivity contribution < 1.29 is 19.0 Å². The summed E-state index contributed by atoms with van der Waals surface area (Å²) in [6, 6.07) is 7.83. The van der Waals surface area contributed by atoms with E-state index in [-0.39, 0.29) is 6.10 Å². The van der Waals surface area contributed by atoms with Gasteiger partial charge in [0.15, 0.2) is 0 Å². The molecule has 0 bridgehead atoms. The van der Waals surface area contributed by atoms with Gasteiger partial charge in [0.2, 0.25) is 0 Å². The van der Waals surface area contributed by atoms with Crippen LogP contribution in [0.5, 0.6) is 0 Å². The number of benzene rings is 1. The average molecular weight is 343 g/mol. The van der Waals surface area contributed by atoms with Crippen LogP contribution in [0.25, 0.3) is 0 Å². The van der Waals surface area contributed by atoms with Crippen LogP contribution in [0.2, 0.25) is 0 Å². The molecule has 1 unspecified atom stereocenters. The predicted molar refractivity (Wildman–Crippen MR) is 80.2 cm³/mol. The first kappa shape index (κ1) is 16.7. The predicted octanol–water partition coefficient (Wildman–Crippen LogP) is 3.62. The van der Waals surface area contributed by atoms with Crippen molar-refractivity contribution in [2.45, 2.75) is 19.4 Å². The second kappa shape index (κ2) is 8.76. The normalized spacial score (nSPS) is 12.9. The van der Waals surface area contributed by atoms with Crippen molar-refractivity contribution in [1.29, 1.82) is 0 Å². The molecule has 0 fully saturated rings. The Hall–Kier alpha value is -1.33. The lowest BCUT2D eigenvalue weighted by molar-refractivity contribution is -0.137. The third kappa shape index (κ3) is 5.35. The third-order valence-corrected chi connectivity index (χ3v) is 3.27. The smallest absolute Gasteiger partial charge is 0.334 e. The molecular formula is C15H19BrO4. The first-order valence-corrected chi connectivity index (χ1v) is 7.09. The van der Waals surface area contributed by atoms with Crippen LogP contribution < -0.4 is 0 Å². The van der Waals surface area contributed by atoms with Gasteiger partial charge in [0, 0.05) is 18.0 Å². The molecule has 20 heavy (non-hydrogen) atoms. The maximum atomic E-state index is 11.4. The molecular weight excluding hydrogens is 324 g/mol. The molecule has 4 nitrogen and oxygen atoms in total. The SMILES string of the molecule is CCOC(=O)/C=C(\CC(OC)c1ccc(Br)cc1)OC. The highest BCUT2D eigenvalue weighted by Gasteiger charge is 2.14. The number of rotatable bonds is 7. The zero-order valence-electron chi connectivity index (χ0n) is 11.9. The van der Waals surface area contributed by atoms with Crippen LogP contribution in [-0.2, 0) is 19.0 Å². The van der Waals surface area contributed by atoms with E-state index < -0.39 is 5.97 Å². The van der Waals surface area contributed by atoms with E-state index in [0.29, 0.717) is 18.8 Å². The summed E-state index contributed by atoms with van der Waals surface area (Å²) in [5.74, 6) is 0.119. The minimum atomic E-state index is -0.407. The number of methoxy groups -OCH3 is 2. The number of carbonyl (C=O) groups is 1. The van der Waals surface area contributed by atoms with Crippen molar-refractivity contribution in [2.24, 2.45) is 0 Å². The molecule has 0 saturated carbocycles. The van der Waals surface area contributed by atoms with Crippen LogP contribution in [0.3, 0.4) is 0 Å². The zero-order chi connectivity index (χ0) is 15.0. The fraction of sp³-hybridized carbons (Fsp3) is 0.400. The second-order valence-electron chi connectivity index (χ2n) is 4.05. The van der Waals surface area contributed by atoms with Crippen LogP contribution in [-0.4, -0.2) is 26.8 Å². The van der Waals surface area contributed by atoms with Gasteiger partial charge in [-0.3, -0.25) is 0 Å². The van der Waals surface area contributed by atoms with Crippen molar-refractivity contribution >= 4 is 21.9 Å². The number of carbonyl (C=O) groups excluding carboxylic acids is 1. The molecule has 5 heteroatoms. The van der Waals surface area contributed by atoms with E-state index >= 15 is 0 Å². The molecule has 0 aliphatic carbocycles. The van der Waals surface area contributed by atoms with Gasteiger partial charge >= 0.3 is 5.97 Å². The molecule has 1 aromatic rings. The van der Waals surface area contributed by atoms with Crippen LogP contribution in [0.15, 0.2) is 40.6 Å². The monoisotopic (exact) mass is 342 g/mol. The molecule has 110 valence electrons. The van der Waals surface area contributed by atoms with Gasteiger partial charge in [-0.1, -0.05) is 28.1 Å². The molecule has 1 atom stereocenters. The highest BCUT2D eigenvalue weighted by atomic mass is 79.9. The summed E-state index contributed by atoms with van der Waals surface area (Å²) in [4.78, 5) is 11.4. The molecule has 0 amide bonds. The summed E-state index contributed by atoms with van der Waals surface area (Å²) < 4.78 is 16.6. The molecule has 0 aliphatic heterocycles. The van der Waals surface area contributed by atoms with Gasteiger partial charge in [0.1, 0.15) is 5.76 Å². The fourth-order valence-electron chi connectivity index (χ4n) is 1.71. The van der Waals surface area contributed by atoms with Gasteiger partial charge in [-0.15, -0.1) is 0 Å². The molecule has 0 aromatic heterocycles. The van der Waals surface area contributed by atoms with E-state index in [2.05, 4.69) is 15.9 Å². The summed E-state index contributed by atoms with van der Waals surface area (Å²) in [7, 11) is 3.16. The van der Waals surface area contributed by atoms with E-state index in [1.807, 2.05) is 24.3 Å². The lowest BCUT2D eigenvalue weighted by atomic mass is 10.1. The number of hydrogen-bond donors (Lipinski definition) is 0. The lowest BCUT2D eigenvalue weighted by Crippen LogP contribution is -2.07. The maximum absolute atomic E-state index is 11.4. The summed E-state index contributed by atoms with van der Waals surface area (Å²) >= 11 is 3.39. The molecule has 0 spiro atoms. The van der Waals surface area contributed by atoms with Crippen LogP contribution in [0.4, 0.5) is 0 Å². The van der Waals surface area contributed by atoms with Gasteiger partial charge in [-0.05, 0) is 24.6 Å². The van der Waals surface area contributed by atoms with E-state index in [4.69, 9.17) is 14.2 Å². The molecule has 0 saturated heterocycles. The van der Waals surface area contributed by atoms with Crippen LogP contribution in [0.1, 0.15) is 25.0 Å². The number of halogens is 1. The summed E-state index contributed by atoms with van der Waals surface area (Å²) in [6.45, 7) is 2.10. The zero-order valence-corrected chi connectivity index (χ0v) is 13.5. The minimum absolute atomic E-state index is 0.177. The van der Waals surface area contributed by atoms with E-state index in [1.165, 1.54) is 13.2 Å². The third-order valence-electron chi connectivity index (χ3n) is 2.74. The van der Waals surface area contributed by atoms with Crippen LogP contribution in [0, 0.1) is 0 Å².